The Kier molecular flexibility index (Phi) is 5.43. The monoisotopic (exact) mass is 539 g/mol. The molecule has 1 aromatic heterocycles. The molecule has 200 valence electrons. The Morgan fingerprint density at radius 3 is 1.65 bits per heavy atom. The molecule has 4 fully saturated rings. The predicted molar refractivity (Wildman–Crippen MR) is 170 cm³/mol. The van der Waals surface area contributed by atoms with E-state index in [4.69, 9.17) is 0 Å². The van der Waals surface area contributed by atoms with Gasteiger partial charge in [-0.25, -0.2) is 0 Å². The lowest BCUT2D eigenvalue weighted by molar-refractivity contribution is 0.420. The number of thiophene rings is 1. The van der Waals surface area contributed by atoms with Crippen LogP contribution in [0.5, 0.6) is 0 Å². The van der Waals surface area contributed by atoms with Crippen molar-refractivity contribution < 1.29 is 0 Å². The van der Waals surface area contributed by atoms with Crippen molar-refractivity contribution >= 4 is 48.6 Å². The first-order valence-electron chi connectivity index (χ1n) is 15.7. The highest BCUT2D eigenvalue weighted by Gasteiger charge is 2.41. The van der Waals surface area contributed by atoms with Crippen LogP contribution in [-0.2, 0) is 0 Å². The van der Waals surface area contributed by atoms with Gasteiger partial charge in [0.1, 0.15) is 0 Å². The number of rotatable bonds is 5. The van der Waals surface area contributed by atoms with Gasteiger partial charge in [-0.1, -0.05) is 61.4 Å². The van der Waals surface area contributed by atoms with Crippen LogP contribution in [0.25, 0.3) is 20.2 Å². The van der Waals surface area contributed by atoms with Gasteiger partial charge >= 0.3 is 0 Å². The van der Waals surface area contributed by atoms with E-state index in [-0.39, 0.29) is 0 Å². The molecule has 4 aliphatic carbocycles. The lowest BCUT2D eigenvalue weighted by Gasteiger charge is -2.28. The van der Waals surface area contributed by atoms with Crippen LogP contribution in [0.4, 0.5) is 17.1 Å². The second-order valence-corrected chi connectivity index (χ2v) is 14.4. The predicted octanol–water partition coefficient (Wildman–Crippen LogP) is 11.3. The summed E-state index contributed by atoms with van der Waals surface area (Å²) in [7, 11) is 0. The molecule has 1 heterocycles. The Bertz CT molecular complexity index is 1620. The maximum atomic E-state index is 2.52. The third-order valence-corrected chi connectivity index (χ3v) is 12.4. The molecule has 4 bridgehead atoms. The topological polar surface area (TPSA) is 3.24 Å². The number of fused-ring (bicyclic) bond motifs is 7. The van der Waals surface area contributed by atoms with Crippen LogP contribution in [0.1, 0.15) is 74.3 Å². The molecule has 2 heteroatoms. The zero-order valence-electron chi connectivity index (χ0n) is 23.1. The van der Waals surface area contributed by atoms with Crippen LogP contribution in [0, 0.1) is 23.7 Å². The smallest absolute Gasteiger partial charge is 0.0554 e. The van der Waals surface area contributed by atoms with Crippen LogP contribution < -0.4 is 4.90 Å². The first kappa shape index (κ1) is 23.6. The van der Waals surface area contributed by atoms with Crippen molar-refractivity contribution in [2.75, 3.05) is 4.90 Å². The fourth-order valence-corrected chi connectivity index (χ4v) is 10.5. The number of anilines is 3. The molecule has 6 atom stereocenters. The van der Waals surface area contributed by atoms with Gasteiger partial charge in [0.15, 0.2) is 0 Å². The normalized spacial score (nSPS) is 28.7. The standard InChI is InChI=1S/C38H37NS/c1-2-6-36-32(4-1)38-35(5-3-7-37(38)40-36)39(30-16-12-26(13-17-30)33-22-24-8-10-28(33)20-24)31-18-14-27(15-19-31)34-23-25-9-11-29(34)21-25/h1-7,12-19,24-25,28-29,33-34H,8-11,20-23H2. The summed E-state index contributed by atoms with van der Waals surface area (Å²) >= 11 is 1.91. The Morgan fingerprint density at radius 1 is 0.525 bits per heavy atom. The molecule has 9 rings (SSSR count). The molecule has 0 amide bonds. The van der Waals surface area contributed by atoms with Crippen molar-refractivity contribution in [1.82, 2.24) is 0 Å². The van der Waals surface area contributed by atoms with Crippen molar-refractivity contribution in [2.45, 2.75) is 63.2 Å². The summed E-state index contributed by atoms with van der Waals surface area (Å²) in [4.78, 5) is 2.52. The van der Waals surface area contributed by atoms with E-state index >= 15 is 0 Å². The molecule has 0 aliphatic heterocycles. The zero-order valence-corrected chi connectivity index (χ0v) is 24.0. The van der Waals surface area contributed by atoms with Crippen LogP contribution in [0.3, 0.4) is 0 Å². The number of nitrogens with zero attached hydrogens (tertiary/aromatic N) is 1. The van der Waals surface area contributed by atoms with Gasteiger partial charge in [0.25, 0.3) is 0 Å². The van der Waals surface area contributed by atoms with Crippen molar-refractivity contribution in [3.63, 3.8) is 0 Å². The van der Waals surface area contributed by atoms with Crippen LogP contribution in [0.2, 0.25) is 0 Å². The highest BCUT2D eigenvalue weighted by Crippen LogP contribution is 2.54. The summed E-state index contributed by atoms with van der Waals surface area (Å²) in [5.41, 5.74) is 6.93. The second-order valence-electron chi connectivity index (χ2n) is 13.3. The average molecular weight is 540 g/mol. The maximum Gasteiger partial charge on any atom is 0.0554 e. The average Bonchev–Trinajstić information content (AvgIpc) is 3.84. The SMILES string of the molecule is c1ccc2c(c1)sc1cccc(N(c3ccc(C4CC5CCC4C5)cc3)c3ccc(C4CC5CCC4C5)cc3)c12. The van der Waals surface area contributed by atoms with Crippen LogP contribution in [0.15, 0.2) is 91.0 Å². The van der Waals surface area contributed by atoms with Gasteiger partial charge in [-0.3, -0.25) is 0 Å². The molecule has 4 aliphatic rings. The van der Waals surface area contributed by atoms with Crippen LogP contribution in [-0.4, -0.2) is 0 Å². The van der Waals surface area contributed by atoms with E-state index < -0.39 is 0 Å². The Morgan fingerprint density at radius 2 is 1.10 bits per heavy atom. The third-order valence-electron chi connectivity index (χ3n) is 11.3. The van der Waals surface area contributed by atoms with Gasteiger partial charge in [0, 0.05) is 31.5 Å². The van der Waals surface area contributed by atoms with E-state index in [1.165, 1.54) is 88.6 Å². The Labute approximate surface area is 241 Å². The van der Waals surface area contributed by atoms with Gasteiger partial charge in [0.2, 0.25) is 0 Å². The highest BCUT2D eigenvalue weighted by atomic mass is 32.1. The first-order valence-corrected chi connectivity index (χ1v) is 16.5. The minimum atomic E-state index is 0.770. The summed E-state index contributed by atoms with van der Waals surface area (Å²) in [5.74, 6) is 5.32. The fraction of sp³-hybridized carbons (Fsp3) is 0.368. The van der Waals surface area contributed by atoms with E-state index in [0.29, 0.717) is 0 Å². The van der Waals surface area contributed by atoms with E-state index in [9.17, 15) is 0 Å². The van der Waals surface area contributed by atoms with E-state index in [0.717, 1.165) is 35.5 Å². The number of hydrogen-bond donors (Lipinski definition) is 0. The summed E-state index contributed by atoms with van der Waals surface area (Å²) in [5, 5.41) is 2.73. The molecule has 4 aromatic carbocycles. The van der Waals surface area contributed by atoms with E-state index in [2.05, 4.69) is 95.9 Å². The minimum absolute atomic E-state index is 0.770. The van der Waals surface area contributed by atoms with E-state index in [1.807, 2.05) is 11.3 Å². The zero-order chi connectivity index (χ0) is 26.2. The van der Waals surface area contributed by atoms with Crippen molar-refractivity contribution in [1.29, 1.82) is 0 Å². The molecule has 0 N–H and O–H groups in total. The molecule has 0 radical (unpaired) electrons. The highest BCUT2D eigenvalue weighted by molar-refractivity contribution is 7.26. The molecule has 6 unspecified atom stereocenters. The van der Waals surface area contributed by atoms with Gasteiger partial charge in [-0.2, -0.15) is 0 Å². The fourth-order valence-electron chi connectivity index (χ4n) is 9.42. The molecule has 0 spiro atoms. The summed E-state index contributed by atoms with van der Waals surface area (Å²) in [6.07, 6.45) is 11.5. The molecule has 5 aromatic rings. The summed E-state index contributed by atoms with van der Waals surface area (Å²) in [6.45, 7) is 0. The number of benzene rings is 4. The lowest BCUT2D eigenvalue weighted by Crippen LogP contribution is -2.12. The summed E-state index contributed by atoms with van der Waals surface area (Å²) < 4.78 is 2.73. The molecule has 40 heavy (non-hydrogen) atoms. The third kappa shape index (κ3) is 3.72. The van der Waals surface area contributed by atoms with Crippen LogP contribution >= 0.6 is 11.3 Å². The Balaban J connectivity index is 1.15. The van der Waals surface area contributed by atoms with Crippen molar-refractivity contribution in [3.05, 3.63) is 102 Å². The maximum absolute atomic E-state index is 2.52. The lowest BCUT2D eigenvalue weighted by atomic mass is 9.83. The summed E-state index contributed by atoms with van der Waals surface area (Å²) in [6, 6.07) is 35.2. The molecular formula is C38H37NS. The van der Waals surface area contributed by atoms with Gasteiger partial charge in [-0.05, 0) is 128 Å². The second kappa shape index (κ2) is 9.21. The van der Waals surface area contributed by atoms with Crippen molar-refractivity contribution in [3.8, 4) is 0 Å². The molecule has 4 saturated carbocycles. The quantitative estimate of drug-likeness (QED) is 0.215. The van der Waals surface area contributed by atoms with Gasteiger partial charge in [0.05, 0.1) is 5.69 Å². The van der Waals surface area contributed by atoms with Crippen molar-refractivity contribution in [2.24, 2.45) is 23.7 Å². The molecule has 1 nitrogen and oxygen atoms in total. The van der Waals surface area contributed by atoms with Gasteiger partial charge < -0.3 is 4.90 Å². The number of hydrogen-bond acceptors (Lipinski definition) is 2. The van der Waals surface area contributed by atoms with E-state index in [1.54, 1.807) is 11.1 Å². The largest absolute Gasteiger partial charge is 0.310 e. The Hall–Kier alpha value is -3.10. The first-order chi connectivity index (χ1) is 19.8. The van der Waals surface area contributed by atoms with Gasteiger partial charge in [-0.15, -0.1) is 11.3 Å². The molecule has 0 saturated heterocycles. The molecular weight excluding hydrogens is 502 g/mol. The minimum Gasteiger partial charge on any atom is -0.310 e.